The van der Waals surface area contributed by atoms with Gasteiger partial charge in [0.25, 0.3) is 0 Å². The Balaban J connectivity index is 0.00000370. The highest BCUT2D eigenvalue weighted by molar-refractivity contribution is 5.81. The summed E-state index contributed by atoms with van der Waals surface area (Å²) >= 11 is 0. The van der Waals surface area contributed by atoms with Crippen LogP contribution in [0.5, 0.6) is 11.5 Å². The number of amides is 1. The first kappa shape index (κ1) is 28.4. The van der Waals surface area contributed by atoms with Crippen LogP contribution in [0.15, 0.2) is 89.3 Å². The van der Waals surface area contributed by atoms with Gasteiger partial charge in [-0.25, -0.2) is 14.6 Å². The molecule has 0 unspecified atom stereocenters. The second kappa shape index (κ2) is 13.0. The van der Waals surface area contributed by atoms with E-state index in [1.165, 1.54) is 4.90 Å². The number of carboxylic acid groups (broad SMARTS) is 1. The number of aliphatic carboxylic acids is 1. The molecule has 0 saturated carbocycles. The van der Waals surface area contributed by atoms with Crippen molar-refractivity contribution >= 4 is 12.1 Å². The lowest BCUT2D eigenvalue weighted by molar-refractivity contribution is -0.141. The van der Waals surface area contributed by atoms with E-state index in [0.717, 1.165) is 28.3 Å². The van der Waals surface area contributed by atoms with Crippen LogP contribution in [0.3, 0.4) is 0 Å². The van der Waals surface area contributed by atoms with E-state index in [0.29, 0.717) is 44.1 Å². The Hall–Kier alpha value is -4.59. The maximum absolute atomic E-state index is 12.7. The fourth-order valence-corrected chi connectivity index (χ4v) is 4.88. The topological polar surface area (TPSA) is 102 Å². The highest BCUT2D eigenvalue weighted by Gasteiger charge is 2.40. The Kier molecular flexibility index (Phi) is 9.22. The number of hydrogen-bond donors (Lipinski definition) is 1. The zero-order chi connectivity index (χ0) is 27.2. The van der Waals surface area contributed by atoms with Gasteiger partial charge in [-0.05, 0) is 67.6 Å². The van der Waals surface area contributed by atoms with Crippen molar-refractivity contribution in [2.45, 2.75) is 39.7 Å². The maximum Gasteiger partial charge on any atom is 0.415 e. The summed E-state index contributed by atoms with van der Waals surface area (Å²) in [7, 11) is 0. The molecule has 0 spiro atoms. The molecule has 1 fully saturated rings. The number of rotatable bonds is 9. The quantitative estimate of drug-likeness (QED) is 0.260. The number of para-hydroxylation sites is 1. The third-order valence-electron chi connectivity index (χ3n) is 6.80. The highest BCUT2D eigenvalue weighted by Crippen LogP contribution is 2.29. The van der Waals surface area contributed by atoms with Gasteiger partial charge in [-0.3, -0.25) is 4.90 Å². The number of ether oxygens (including phenoxy) is 2. The van der Waals surface area contributed by atoms with E-state index in [9.17, 15) is 14.7 Å². The van der Waals surface area contributed by atoms with Crippen LogP contribution in [0.25, 0.3) is 11.5 Å². The summed E-state index contributed by atoms with van der Waals surface area (Å²) in [5.74, 6) is 1.44. The van der Waals surface area contributed by atoms with Gasteiger partial charge < -0.3 is 19.0 Å². The lowest BCUT2D eigenvalue weighted by Crippen LogP contribution is -2.42. The van der Waals surface area contributed by atoms with Crippen molar-refractivity contribution in [3.05, 3.63) is 102 Å². The van der Waals surface area contributed by atoms with Crippen molar-refractivity contribution in [2.75, 3.05) is 13.2 Å². The Bertz CT molecular complexity index is 1420. The molecule has 1 aliphatic rings. The first-order valence-electron chi connectivity index (χ1n) is 13.0. The zero-order valence-corrected chi connectivity index (χ0v) is 21.7. The predicted octanol–water partition coefficient (Wildman–Crippen LogP) is 6.42. The molecule has 0 aliphatic carbocycles. The third kappa shape index (κ3) is 6.88. The van der Waals surface area contributed by atoms with Gasteiger partial charge in [-0.1, -0.05) is 56.0 Å². The molecule has 3 aromatic carbocycles. The summed E-state index contributed by atoms with van der Waals surface area (Å²) in [6, 6.07) is 25.3. The number of nitrogens with zero attached hydrogens (tertiary/aromatic N) is 2. The molecule has 8 heteroatoms. The average Bonchev–Trinajstić information content (AvgIpc) is 3.54. The smallest absolute Gasteiger partial charge is 0.415 e. The van der Waals surface area contributed by atoms with E-state index in [2.05, 4.69) is 4.98 Å². The minimum atomic E-state index is -1.03. The summed E-state index contributed by atoms with van der Waals surface area (Å²) in [6.45, 7) is 2.65. The van der Waals surface area contributed by atoms with Crippen LogP contribution in [0.1, 0.15) is 30.9 Å². The number of benzene rings is 3. The number of aryl methyl sites for hydroxylation is 1. The van der Waals surface area contributed by atoms with Crippen molar-refractivity contribution in [3.63, 3.8) is 0 Å². The van der Waals surface area contributed by atoms with E-state index in [1.54, 1.807) is 24.3 Å². The summed E-state index contributed by atoms with van der Waals surface area (Å²) in [5, 5.41) is 9.72. The number of carbonyl (C=O) groups excluding carboxylic acids is 1. The molecule has 1 amide bonds. The number of carboxylic acids is 1. The first-order valence-corrected chi connectivity index (χ1v) is 13.0. The minimum Gasteiger partial charge on any atom is -0.493 e. The second-order valence-electron chi connectivity index (χ2n) is 9.63. The third-order valence-corrected chi connectivity index (χ3v) is 6.80. The normalized spacial score (nSPS) is 16.3. The molecule has 0 bridgehead atoms. The highest BCUT2D eigenvalue weighted by atomic mass is 16.6. The average molecular weight is 543 g/mol. The van der Waals surface area contributed by atoms with Gasteiger partial charge >= 0.3 is 12.1 Å². The molecule has 0 radical (unpaired) electrons. The van der Waals surface area contributed by atoms with Crippen LogP contribution >= 0.6 is 0 Å². The van der Waals surface area contributed by atoms with Gasteiger partial charge in [0.1, 0.15) is 23.3 Å². The van der Waals surface area contributed by atoms with E-state index >= 15 is 0 Å². The van der Waals surface area contributed by atoms with Gasteiger partial charge in [0, 0.05) is 18.5 Å². The van der Waals surface area contributed by atoms with Crippen molar-refractivity contribution in [2.24, 2.45) is 5.92 Å². The predicted molar refractivity (Wildman–Crippen MR) is 151 cm³/mol. The number of hydrogen-bond acceptors (Lipinski definition) is 6. The van der Waals surface area contributed by atoms with Crippen molar-refractivity contribution < 1.29 is 28.6 Å². The second-order valence-corrected chi connectivity index (χ2v) is 9.63. The Morgan fingerprint density at radius 2 is 1.70 bits per heavy atom. The summed E-state index contributed by atoms with van der Waals surface area (Å²) in [5.41, 5.74) is 2.81. The summed E-state index contributed by atoms with van der Waals surface area (Å²) < 4.78 is 17.2. The van der Waals surface area contributed by atoms with Crippen molar-refractivity contribution in [3.8, 4) is 23.0 Å². The zero-order valence-electron chi connectivity index (χ0n) is 21.7. The van der Waals surface area contributed by atoms with E-state index in [1.807, 2.05) is 67.6 Å². The van der Waals surface area contributed by atoms with Gasteiger partial charge in [0.15, 0.2) is 0 Å². The van der Waals surface area contributed by atoms with E-state index in [-0.39, 0.29) is 13.3 Å². The molecule has 1 aliphatic heterocycles. The molecule has 40 heavy (non-hydrogen) atoms. The van der Waals surface area contributed by atoms with Crippen LogP contribution < -0.4 is 9.47 Å². The van der Waals surface area contributed by atoms with Gasteiger partial charge in [-0.15, -0.1) is 0 Å². The molecule has 8 nitrogen and oxygen atoms in total. The summed E-state index contributed by atoms with van der Waals surface area (Å²) in [4.78, 5) is 30.6. The summed E-state index contributed by atoms with van der Waals surface area (Å²) in [6.07, 6.45) is 0.943. The maximum atomic E-state index is 12.7. The van der Waals surface area contributed by atoms with E-state index < -0.39 is 18.1 Å². The molecule has 1 saturated heterocycles. The lowest BCUT2D eigenvalue weighted by Gasteiger charge is -2.20. The van der Waals surface area contributed by atoms with Gasteiger partial charge in [0.05, 0.1) is 12.3 Å². The Morgan fingerprint density at radius 1 is 1.00 bits per heavy atom. The van der Waals surface area contributed by atoms with Crippen molar-refractivity contribution in [1.82, 2.24) is 9.88 Å². The van der Waals surface area contributed by atoms with Gasteiger partial charge in [-0.2, -0.15) is 0 Å². The largest absolute Gasteiger partial charge is 0.493 e. The Morgan fingerprint density at radius 3 is 2.42 bits per heavy atom. The monoisotopic (exact) mass is 542 g/mol. The molecule has 4 aromatic rings. The van der Waals surface area contributed by atoms with Crippen LogP contribution in [-0.2, 0) is 17.6 Å². The molecule has 208 valence electrons. The number of likely N-dealkylation sites (tertiary alicyclic amines) is 1. The molecular weight excluding hydrogens is 508 g/mol. The minimum absolute atomic E-state index is 0. The molecule has 1 aromatic heterocycles. The molecule has 1 N–H and O–H groups in total. The number of aromatic nitrogens is 1. The fraction of sp³-hybridized carbons (Fsp3) is 0.281. The van der Waals surface area contributed by atoms with Crippen LogP contribution in [-0.4, -0.2) is 46.2 Å². The Labute approximate surface area is 234 Å². The van der Waals surface area contributed by atoms with E-state index in [4.69, 9.17) is 13.9 Å². The number of oxazole rings is 1. The molecular formula is C32H34N2O6. The molecule has 2 heterocycles. The number of carbonyl (C=O) groups is 2. The fourth-order valence-electron chi connectivity index (χ4n) is 4.88. The van der Waals surface area contributed by atoms with Crippen LogP contribution in [0.2, 0.25) is 0 Å². The SMILES string of the molecule is C.Cc1oc(-c2ccccc2)nc1CCOc1cccc(C[C@H]2C[C@@H](C(=O)O)N(C(=O)Oc3ccccc3)C2)c1. The molecule has 2 atom stereocenters. The van der Waals surface area contributed by atoms with Crippen molar-refractivity contribution in [1.29, 1.82) is 0 Å². The lowest BCUT2D eigenvalue weighted by atomic mass is 9.96. The standard InChI is InChI=1S/C31H30N2O6.CH4/c1-21-27(32-29(38-21)24-10-4-2-5-11-24)15-16-37-26-14-8-9-22(18-26)17-23-19-28(30(34)35)33(20-23)31(36)39-25-12-6-3-7-13-25;/h2-14,18,23,28H,15-17,19-20H2,1H3,(H,34,35);1H4/t23-,28-;/m0./s1. The van der Waals surface area contributed by atoms with Crippen LogP contribution in [0, 0.1) is 12.8 Å². The first-order chi connectivity index (χ1) is 19.0. The van der Waals surface area contributed by atoms with Gasteiger partial charge in [0.2, 0.25) is 5.89 Å². The molecule has 5 rings (SSSR count). The van der Waals surface area contributed by atoms with Crippen LogP contribution in [0.4, 0.5) is 4.79 Å².